The van der Waals surface area contributed by atoms with Gasteiger partial charge in [0.25, 0.3) is 5.91 Å². The lowest BCUT2D eigenvalue weighted by atomic mass is 9.96. The molecule has 1 aromatic rings. The maximum Gasteiger partial charge on any atom is 0.305 e. The molecule has 0 aliphatic rings. The third-order valence-electron chi connectivity index (χ3n) is 3.46. The van der Waals surface area contributed by atoms with Crippen LogP contribution in [0.25, 0.3) is 0 Å². The van der Waals surface area contributed by atoms with Crippen molar-refractivity contribution in [2.75, 3.05) is 11.9 Å². The van der Waals surface area contributed by atoms with Gasteiger partial charge in [0, 0.05) is 24.2 Å². The Kier molecular flexibility index (Phi) is 7.95. The zero-order chi connectivity index (χ0) is 18.1. The van der Waals surface area contributed by atoms with E-state index in [9.17, 15) is 14.4 Å². The highest BCUT2D eigenvalue weighted by atomic mass is 16.4. The Hall–Kier alpha value is -2.37. The number of hydrogen-bond acceptors (Lipinski definition) is 3. The minimum Gasteiger partial charge on any atom is -0.481 e. The molecule has 3 N–H and O–H groups in total. The molecule has 1 aromatic carbocycles. The number of carboxylic acids is 1. The summed E-state index contributed by atoms with van der Waals surface area (Å²) in [6, 6.07) is 6.53. The standard InChI is InChI=1S/C18H26N2O4/c1-12(2)10-13(3)11-16(21)20-15-6-4-14(5-7-15)18(24)19-9-8-17(22)23/h4-7,12-13H,8-11H2,1-3H3,(H,19,24)(H,20,21)(H,22,23). The summed E-state index contributed by atoms with van der Waals surface area (Å²) >= 11 is 0. The zero-order valence-electron chi connectivity index (χ0n) is 14.5. The van der Waals surface area contributed by atoms with Crippen LogP contribution in [0.15, 0.2) is 24.3 Å². The number of rotatable bonds is 9. The van der Waals surface area contributed by atoms with Crippen LogP contribution < -0.4 is 10.6 Å². The van der Waals surface area contributed by atoms with Gasteiger partial charge in [-0.25, -0.2) is 0 Å². The van der Waals surface area contributed by atoms with Gasteiger partial charge in [0.2, 0.25) is 5.91 Å². The first kappa shape index (κ1) is 19.7. The average molecular weight is 334 g/mol. The van der Waals surface area contributed by atoms with Gasteiger partial charge in [-0.3, -0.25) is 14.4 Å². The van der Waals surface area contributed by atoms with Crippen molar-refractivity contribution < 1.29 is 19.5 Å². The Morgan fingerprint density at radius 3 is 2.25 bits per heavy atom. The molecule has 0 aliphatic carbocycles. The Morgan fingerprint density at radius 2 is 1.71 bits per heavy atom. The molecule has 132 valence electrons. The van der Waals surface area contributed by atoms with E-state index in [1.54, 1.807) is 24.3 Å². The molecule has 2 amide bonds. The van der Waals surface area contributed by atoms with E-state index in [0.29, 0.717) is 29.5 Å². The van der Waals surface area contributed by atoms with E-state index in [0.717, 1.165) is 6.42 Å². The molecule has 0 fully saturated rings. The lowest BCUT2D eigenvalue weighted by Gasteiger charge is -2.13. The first-order valence-electron chi connectivity index (χ1n) is 8.17. The number of aliphatic carboxylic acids is 1. The highest BCUT2D eigenvalue weighted by Crippen LogP contribution is 2.16. The minimum atomic E-state index is -0.958. The molecule has 0 saturated carbocycles. The van der Waals surface area contributed by atoms with Crippen molar-refractivity contribution in [1.29, 1.82) is 0 Å². The quantitative estimate of drug-likeness (QED) is 0.647. The van der Waals surface area contributed by atoms with Crippen LogP contribution >= 0.6 is 0 Å². The summed E-state index contributed by atoms with van der Waals surface area (Å²) < 4.78 is 0. The monoisotopic (exact) mass is 334 g/mol. The van der Waals surface area contributed by atoms with E-state index in [2.05, 4.69) is 31.4 Å². The van der Waals surface area contributed by atoms with Gasteiger partial charge < -0.3 is 15.7 Å². The predicted octanol–water partition coefficient (Wildman–Crippen LogP) is 2.90. The summed E-state index contributed by atoms with van der Waals surface area (Å²) in [5.41, 5.74) is 1.06. The molecule has 0 heterocycles. The third-order valence-corrected chi connectivity index (χ3v) is 3.46. The molecule has 6 nitrogen and oxygen atoms in total. The number of carbonyl (C=O) groups excluding carboxylic acids is 2. The van der Waals surface area contributed by atoms with Gasteiger partial charge >= 0.3 is 5.97 Å². The van der Waals surface area contributed by atoms with Crippen LogP contribution in [0.2, 0.25) is 0 Å². The fourth-order valence-corrected chi connectivity index (χ4v) is 2.51. The molecule has 1 unspecified atom stereocenters. The zero-order valence-corrected chi connectivity index (χ0v) is 14.5. The molecule has 6 heteroatoms. The van der Waals surface area contributed by atoms with Crippen molar-refractivity contribution in [3.8, 4) is 0 Å². The number of carboxylic acid groups (broad SMARTS) is 1. The van der Waals surface area contributed by atoms with E-state index in [-0.39, 0.29) is 24.8 Å². The van der Waals surface area contributed by atoms with Crippen molar-refractivity contribution in [2.24, 2.45) is 11.8 Å². The highest BCUT2D eigenvalue weighted by Gasteiger charge is 2.11. The molecular formula is C18H26N2O4. The van der Waals surface area contributed by atoms with Gasteiger partial charge in [-0.2, -0.15) is 0 Å². The Bertz CT molecular complexity index is 567. The summed E-state index contributed by atoms with van der Waals surface area (Å²) in [5, 5.41) is 13.9. The van der Waals surface area contributed by atoms with Crippen molar-refractivity contribution in [3.05, 3.63) is 29.8 Å². The van der Waals surface area contributed by atoms with Crippen LogP contribution in [0.4, 0.5) is 5.69 Å². The van der Waals surface area contributed by atoms with Crippen LogP contribution in [-0.2, 0) is 9.59 Å². The molecule has 1 atom stereocenters. The first-order valence-corrected chi connectivity index (χ1v) is 8.17. The van der Waals surface area contributed by atoms with Crippen molar-refractivity contribution in [3.63, 3.8) is 0 Å². The summed E-state index contributed by atoms with van der Waals surface area (Å²) in [4.78, 5) is 34.2. The van der Waals surface area contributed by atoms with E-state index in [1.807, 2.05) is 0 Å². The molecule has 0 aliphatic heterocycles. The van der Waals surface area contributed by atoms with Gasteiger partial charge in [-0.15, -0.1) is 0 Å². The minimum absolute atomic E-state index is 0.0400. The number of carbonyl (C=O) groups is 3. The summed E-state index contributed by atoms with van der Waals surface area (Å²) in [6.45, 7) is 6.41. The maximum absolute atomic E-state index is 12.0. The molecular weight excluding hydrogens is 308 g/mol. The number of nitrogens with one attached hydrogen (secondary N) is 2. The summed E-state index contributed by atoms with van der Waals surface area (Å²) in [6.07, 6.45) is 1.35. The number of anilines is 1. The molecule has 0 bridgehead atoms. The molecule has 0 radical (unpaired) electrons. The lowest BCUT2D eigenvalue weighted by molar-refractivity contribution is -0.136. The van der Waals surface area contributed by atoms with Crippen molar-refractivity contribution in [2.45, 2.75) is 40.0 Å². The number of hydrogen-bond donors (Lipinski definition) is 3. The van der Waals surface area contributed by atoms with Crippen LogP contribution in [0, 0.1) is 11.8 Å². The van der Waals surface area contributed by atoms with Crippen molar-refractivity contribution >= 4 is 23.5 Å². The fourth-order valence-electron chi connectivity index (χ4n) is 2.51. The van der Waals surface area contributed by atoms with Gasteiger partial charge in [-0.05, 0) is 42.5 Å². The Morgan fingerprint density at radius 1 is 1.08 bits per heavy atom. The topological polar surface area (TPSA) is 95.5 Å². The van der Waals surface area contributed by atoms with Crippen LogP contribution in [0.1, 0.15) is 50.4 Å². The first-order chi connectivity index (χ1) is 11.3. The van der Waals surface area contributed by atoms with E-state index < -0.39 is 5.97 Å². The normalized spacial score (nSPS) is 11.8. The Labute approximate surface area is 142 Å². The second-order valence-electron chi connectivity index (χ2n) is 6.46. The average Bonchev–Trinajstić information content (AvgIpc) is 2.46. The smallest absolute Gasteiger partial charge is 0.305 e. The van der Waals surface area contributed by atoms with Gasteiger partial charge in [0.15, 0.2) is 0 Å². The predicted molar refractivity (Wildman–Crippen MR) is 92.9 cm³/mol. The van der Waals surface area contributed by atoms with Gasteiger partial charge in [0.05, 0.1) is 6.42 Å². The number of benzene rings is 1. The fraction of sp³-hybridized carbons (Fsp3) is 0.500. The second kappa shape index (κ2) is 9.70. The Balaban J connectivity index is 2.47. The van der Waals surface area contributed by atoms with E-state index >= 15 is 0 Å². The molecule has 24 heavy (non-hydrogen) atoms. The van der Waals surface area contributed by atoms with E-state index in [1.165, 1.54) is 0 Å². The van der Waals surface area contributed by atoms with E-state index in [4.69, 9.17) is 5.11 Å². The van der Waals surface area contributed by atoms with Crippen LogP contribution in [-0.4, -0.2) is 29.4 Å². The largest absolute Gasteiger partial charge is 0.481 e. The molecule has 0 spiro atoms. The third kappa shape index (κ3) is 7.76. The molecule has 0 saturated heterocycles. The molecule has 0 aromatic heterocycles. The molecule has 1 rings (SSSR count). The lowest BCUT2D eigenvalue weighted by Crippen LogP contribution is -2.26. The van der Waals surface area contributed by atoms with Crippen molar-refractivity contribution in [1.82, 2.24) is 5.32 Å². The highest BCUT2D eigenvalue weighted by molar-refractivity contribution is 5.95. The number of amides is 2. The second-order valence-corrected chi connectivity index (χ2v) is 6.46. The summed E-state index contributed by atoms with van der Waals surface area (Å²) in [5.74, 6) is -0.447. The maximum atomic E-state index is 12.0. The summed E-state index contributed by atoms with van der Waals surface area (Å²) in [7, 11) is 0. The SMILES string of the molecule is CC(C)CC(C)CC(=O)Nc1ccc(C(=O)NCCC(=O)O)cc1. The van der Waals surface area contributed by atoms with Crippen LogP contribution in [0.5, 0.6) is 0 Å². The van der Waals surface area contributed by atoms with Gasteiger partial charge in [-0.1, -0.05) is 20.8 Å². The van der Waals surface area contributed by atoms with Gasteiger partial charge in [0.1, 0.15) is 0 Å². The van der Waals surface area contributed by atoms with Crippen LogP contribution in [0.3, 0.4) is 0 Å².